The number of piperidine rings is 1. The van der Waals surface area contributed by atoms with Crippen molar-refractivity contribution >= 4 is 23.4 Å². The number of halogens is 1. The molecule has 0 radical (unpaired) electrons. The maximum atomic E-state index is 11.0. The molecule has 6 nitrogen and oxygen atoms in total. The number of nitrogens with zero attached hydrogens (tertiary/aromatic N) is 3. The Labute approximate surface area is 158 Å². The molecule has 4 rings (SSSR count). The summed E-state index contributed by atoms with van der Waals surface area (Å²) in [5, 5.41) is 11.7. The van der Waals surface area contributed by atoms with Gasteiger partial charge in [0.15, 0.2) is 0 Å². The monoisotopic (exact) mass is 374 g/mol. The molecule has 2 aromatic rings. The van der Waals surface area contributed by atoms with E-state index >= 15 is 0 Å². The second-order valence-electron chi connectivity index (χ2n) is 7.10. The third-order valence-electron chi connectivity index (χ3n) is 5.39. The highest BCUT2D eigenvalue weighted by Crippen LogP contribution is 2.35. The molecule has 26 heavy (non-hydrogen) atoms. The van der Waals surface area contributed by atoms with E-state index in [9.17, 15) is 5.11 Å². The highest BCUT2D eigenvalue weighted by Gasteiger charge is 2.34. The zero-order chi connectivity index (χ0) is 18.1. The van der Waals surface area contributed by atoms with Gasteiger partial charge in [0, 0.05) is 36.7 Å². The topological polar surface area (TPSA) is 84.5 Å². The van der Waals surface area contributed by atoms with Crippen LogP contribution in [-0.4, -0.2) is 41.4 Å². The van der Waals surface area contributed by atoms with Crippen LogP contribution < -0.4 is 10.6 Å². The van der Waals surface area contributed by atoms with Crippen LogP contribution >= 0.6 is 11.6 Å². The van der Waals surface area contributed by atoms with Crippen molar-refractivity contribution in [3.63, 3.8) is 0 Å². The van der Waals surface area contributed by atoms with E-state index in [-0.39, 0.29) is 5.92 Å². The Kier molecular flexibility index (Phi) is 4.73. The van der Waals surface area contributed by atoms with Crippen molar-refractivity contribution in [1.82, 2.24) is 9.97 Å². The van der Waals surface area contributed by atoms with Gasteiger partial charge in [-0.25, -0.2) is 4.98 Å². The van der Waals surface area contributed by atoms with Gasteiger partial charge < -0.3 is 20.5 Å². The summed E-state index contributed by atoms with van der Waals surface area (Å²) in [6.45, 7) is 2.86. The van der Waals surface area contributed by atoms with E-state index < -0.39 is 5.60 Å². The summed E-state index contributed by atoms with van der Waals surface area (Å²) in [7, 11) is 0. The lowest BCUT2D eigenvalue weighted by Crippen LogP contribution is -2.43. The molecular formula is C19H23ClN4O2. The van der Waals surface area contributed by atoms with Gasteiger partial charge in [-0.05, 0) is 37.0 Å². The zero-order valence-corrected chi connectivity index (χ0v) is 15.3. The Morgan fingerprint density at radius 2 is 1.92 bits per heavy atom. The molecule has 0 amide bonds. The predicted octanol–water partition coefficient (Wildman–Crippen LogP) is 2.70. The normalized spacial score (nSPS) is 22.5. The maximum absolute atomic E-state index is 11.0. The average Bonchev–Trinajstić information content (AvgIpc) is 3.17. The number of aliphatic hydroxyl groups is 1. The lowest BCUT2D eigenvalue weighted by molar-refractivity contribution is 0.0116. The molecule has 1 atom stereocenters. The number of ether oxygens (including phenoxy) is 1. The number of hydrogen-bond acceptors (Lipinski definition) is 6. The Bertz CT molecular complexity index is 770. The summed E-state index contributed by atoms with van der Waals surface area (Å²) in [6, 6.07) is 9.46. The molecule has 2 fully saturated rings. The molecule has 138 valence electrons. The molecule has 3 heterocycles. The summed E-state index contributed by atoms with van der Waals surface area (Å²) in [6.07, 6.45) is 2.22. The van der Waals surface area contributed by atoms with Crippen LogP contribution in [0.3, 0.4) is 0 Å². The fourth-order valence-corrected chi connectivity index (χ4v) is 3.89. The lowest BCUT2D eigenvalue weighted by Gasteiger charge is -2.39. The highest BCUT2D eigenvalue weighted by molar-refractivity contribution is 6.30. The second kappa shape index (κ2) is 7.02. The molecule has 3 N–H and O–H groups in total. The van der Waals surface area contributed by atoms with Crippen LogP contribution in [0.4, 0.5) is 11.8 Å². The van der Waals surface area contributed by atoms with E-state index in [0.717, 1.165) is 30.1 Å². The number of anilines is 2. The van der Waals surface area contributed by atoms with Crippen molar-refractivity contribution in [2.45, 2.75) is 30.8 Å². The van der Waals surface area contributed by atoms with Crippen LogP contribution in [-0.2, 0) is 10.3 Å². The zero-order valence-electron chi connectivity index (χ0n) is 14.6. The van der Waals surface area contributed by atoms with Crippen LogP contribution in [0.1, 0.15) is 36.4 Å². The van der Waals surface area contributed by atoms with Crippen LogP contribution in [0.15, 0.2) is 30.3 Å². The fraction of sp³-hybridized carbons (Fsp3) is 0.474. The maximum Gasteiger partial charge on any atom is 0.222 e. The standard InChI is InChI=1S/C19H23ClN4O2/c20-15-3-1-14(2-4-15)19(25)6-8-24(9-7-19)17-11-16(22-18(21)23-17)13-5-10-26-12-13/h1-4,11,13,25H,5-10,12H2,(H2,21,22,23)/t13-/m0/s1. The second-order valence-corrected chi connectivity index (χ2v) is 7.53. The summed E-state index contributed by atoms with van der Waals surface area (Å²) in [4.78, 5) is 11.0. The van der Waals surface area contributed by atoms with Gasteiger partial charge in [0.2, 0.25) is 5.95 Å². The van der Waals surface area contributed by atoms with E-state index in [4.69, 9.17) is 22.1 Å². The smallest absolute Gasteiger partial charge is 0.222 e. The molecule has 0 spiro atoms. The summed E-state index contributed by atoms with van der Waals surface area (Å²) < 4.78 is 5.46. The number of nitrogens with two attached hydrogens (primary N) is 1. The first kappa shape index (κ1) is 17.5. The molecule has 0 unspecified atom stereocenters. The number of hydrogen-bond donors (Lipinski definition) is 2. The van der Waals surface area contributed by atoms with Crippen molar-refractivity contribution in [3.8, 4) is 0 Å². The van der Waals surface area contributed by atoms with Gasteiger partial charge in [-0.1, -0.05) is 23.7 Å². The Morgan fingerprint density at radius 3 is 2.58 bits per heavy atom. The molecular weight excluding hydrogens is 352 g/mol. The molecule has 1 aromatic carbocycles. The van der Waals surface area contributed by atoms with Crippen LogP contribution in [0.25, 0.3) is 0 Å². The van der Waals surface area contributed by atoms with Gasteiger partial charge in [0.1, 0.15) is 5.82 Å². The first-order chi connectivity index (χ1) is 12.5. The number of benzene rings is 1. The van der Waals surface area contributed by atoms with Gasteiger partial charge in [-0.3, -0.25) is 0 Å². The van der Waals surface area contributed by atoms with Crippen LogP contribution in [0.2, 0.25) is 5.02 Å². The van der Waals surface area contributed by atoms with Gasteiger partial charge in [0.05, 0.1) is 17.9 Å². The Hall–Kier alpha value is -1.89. The predicted molar refractivity (Wildman–Crippen MR) is 101 cm³/mol. The van der Waals surface area contributed by atoms with Crippen molar-refractivity contribution in [2.24, 2.45) is 0 Å². The van der Waals surface area contributed by atoms with Crippen molar-refractivity contribution < 1.29 is 9.84 Å². The number of aromatic nitrogens is 2. The van der Waals surface area contributed by atoms with E-state index in [2.05, 4.69) is 14.9 Å². The van der Waals surface area contributed by atoms with Gasteiger partial charge in [0.25, 0.3) is 0 Å². The Balaban J connectivity index is 1.50. The average molecular weight is 375 g/mol. The van der Waals surface area contributed by atoms with Crippen molar-refractivity contribution in [2.75, 3.05) is 36.9 Å². The van der Waals surface area contributed by atoms with E-state index in [0.29, 0.717) is 43.5 Å². The molecule has 0 bridgehead atoms. The van der Waals surface area contributed by atoms with Crippen LogP contribution in [0, 0.1) is 0 Å². The van der Waals surface area contributed by atoms with Gasteiger partial charge >= 0.3 is 0 Å². The molecule has 2 aliphatic heterocycles. The SMILES string of the molecule is Nc1nc([C@H]2CCOC2)cc(N2CCC(O)(c3ccc(Cl)cc3)CC2)n1. The fourth-order valence-electron chi connectivity index (χ4n) is 3.76. The third-order valence-corrected chi connectivity index (χ3v) is 5.65. The quantitative estimate of drug-likeness (QED) is 0.859. The number of rotatable bonds is 3. The van der Waals surface area contributed by atoms with Crippen molar-refractivity contribution in [1.29, 1.82) is 0 Å². The minimum atomic E-state index is -0.832. The highest BCUT2D eigenvalue weighted by atomic mass is 35.5. The third kappa shape index (κ3) is 3.49. The first-order valence-corrected chi connectivity index (χ1v) is 9.37. The van der Waals surface area contributed by atoms with Crippen molar-refractivity contribution in [3.05, 3.63) is 46.6 Å². The minimum absolute atomic E-state index is 0.287. The van der Waals surface area contributed by atoms with E-state index in [1.807, 2.05) is 30.3 Å². The summed E-state index contributed by atoms with van der Waals surface area (Å²) in [5.74, 6) is 1.41. The summed E-state index contributed by atoms with van der Waals surface area (Å²) >= 11 is 5.96. The minimum Gasteiger partial charge on any atom is -0.385 e. The molecule has 2 saturated heterocycles. The molecule has 2 aliphatic rings. The molecule has 0 saturated carbocycles. The van der Waals surface area contributed by atoms with E-state index in [1.54, 1.807) is 0 Å². The molecule has 1 aromatic heterocycles. The van der Waals surface area contributed by atoms with Gasteiger partial charge in [-0.2, -0.15) is 4.98 Å². The number of nitrogen functional groups attached to an aromatic ring is 1. The first-order valence-electron chi connectivity index (χ1n) is 8.99. The lowest BCUT2D eigenvalue weighted by atomic mass is 9.84. The molecule has 7 heteroatoms. The van der Waals surface area contributed by atoms with E-state index in [1.165, 1.54) is 0 Å². The Morgan fingerprint density at radius 1 is 1.19 bits per heavy atom. The van der Waals surface area contributed by atoms with Gasteiger partial charge in [-0.15, -0.1) is 0 Å². The summed E-state index contributed by atoms with van der Waals surface area (Å²) in [5.41, 5.74) is 6.97. The largest absolute Gasteiger partial charge is 0.385 e. The van der Waals surface area contributed by atoms with Crippen LogP contribution in [0.5, 0.6) is 0 Å². The molecule has 0 aliphatic carbocycles.